The Balaban J connectivity index is 2.10. The highest BCUT2D eigenvalue weighted by atomic mass is 32.2. The van der Waals surface area contributed by atoms with Crippen molar-refractivity contribution in [2.75, 3.05) is 12.4 Å². The van der Waals surface area contributed by atoms with Gasteiger partial charge >= 0.3 is 0 Å². The van der Waals surface area contributed by atoms with Crippen LogP contribution in [0.5, 0.6) is 0 Å². The molecule has 1 aliphatic heterocycles. The summed E-state index contributed by atoms with van der Waals surface area (Å²) in [6.07, 6.45) is 1.05. The van der Waals surface area contributed by atoms with Crippen molar-refractivity contribution in [2.45, 2.75) is 38.0 Å². The van der Waals surface area contributed by atoms with Crippen LogP contribution >= 0.6 is 0 Å². The van der Waals surface area contributed by atoms with Gasteiger partial charge in [0.2, 0.25) is 0 Å². The van der Waals surface area contributed by atoms with E-state index < -0.39 is 20.8 Å². The Kier molecular flexibility index (Phi) is 4.60. The van der Waals surface area contributed by atoms with Gasteiger partial charge in [0.15, 0.2) is 15.6 Å². The van der Waals surface area contributed by atoms with Gasteiger partial charge in [0.1, 0.15) is 5.75 Å². The molecule has 2 unspecified atom stereocenters. The van der Waals surface area contributed by atoms with Crippen molar-refractivity contribution in [3.05, 3.63) is 35.4 Å². The number of hydrogen-bond acceptors (Lipinski definition) is 4. The van der Waals surface area contributed by atoms with Crippen molar-refractivity contribution in [1.29, 1.82) is 0 Å². The summed E-state index contributed by atoms with van der Waals surface area (Å²) >= 11 is 0. The first-order chi connectivity index (χ1) is 9.44. The molecular formula is C15H20O4S. The highest BCUT2D eigenvalue weighted by Crippen LogP contribution is 2.22. The first kappa shape index (κ1) is 15.2. The first-order valence-corrected chi connectivity index (χ1v) is 8.61. The van der Waals surface area contributed by atoms with E-state index in [2.05, 4.69) is 0 Å². The number of carbonyl (C=O) groups excluding carboxylic acids is 1. The fourth-order valence-corrected chi connectivity index (χ4v) is 4.35. The van der Waals surface area contributed by atoms with E-state index in [1.54, 1.807) is 19.1 Å². The molecule has 0 aromatic heterocycles. The fraction of sp³-hybridized carbons (Fsp3) is 0.533. The predicted octanol–water partition coefficient (Wildman–Crippen LogP) is 2.02. The average molecular weight is 296 g/mol. The van der Waals surface area contributed by atoms with Crippen LogP contribution in [0.15, 0.2) is 24.3 Å². The standard InChI is InChI=1S/C15H20O4S/c1-3-12-4-6-13(7-5-12)14(16)10-20(17,18)15-8-9-19-11(15)2/h4-7,11,15H,3,8-10H2,1-2H3. The summed E-state index contributed by atoms with van der Waals surface area (Å²) in [7, 11) is -3.45. The van der Waals surface area contributed by atoms with Gasteiger partial charge in [0, 0.05) is 12.2 Å². The lowest BCUT2D eigenvalue weighted by Crippen LogP contribution is -2.32. The Morgan fingerprint density at radius 1 is 1.30 bits per heavy atom. The number of ether oxygens (including phenoxy) is 1. The van der Waals surface area contributed by atoms with E-state index in [-0.39, 0.29) is 11.9 Å². The molecule has 110 valence electrons. The Morgan fingerprint density at radius 2 is 1.95 bits per heavy atom. The molecule has 1 aromatic rings. The van der Waals surface area contributed by atoms with E-state index >= 15 is 0 Å². The van der Waals surface area contributed by atoms with Crippen LogP contribution in [0.1, 0.15) is 36.2 Å². The summed E-state index contributed by atoms with van der Waals surface area (Å²) in [6.45, 7) is 4.23. The number of rotatable bonds is 5. The molecule has 5 heteroatoms. The van der Waals surface area contributed by atoms with Gasteiger partial charge in [0.05, 0.1) is 11.4 Å². The van der Waals surface area contributed by atoms with Crippen LogP contribution in [0.2, 0.25) is 0 Å². The summed E-state index contributed by atoms with van der Waals surface area (Å²) in [5, 5.41) is -0.554. The zero-order valence-electron chi connectivity index (χ0n) is 11.8. The highest BCUT2D eigenvalue weighted by Gasteiger charge is 2.36. The van der Waals surface area contributed by atoms with E-state index in [1.807, 2.05) is 19.1 Å². The van der Waals surface area contributed by atoms with E-state index in [1.165, 1.54) is 0 Å². The van der Waals surface area contributed by atoms with Crippen LogP contribution in [0.4, 0.5) is 0 Å². The van der Waals surface area contributed by atoms with Crippen molar-refractivity contribution in [3.8, 4) is 0 Å². The molecule has 1 saturated heterocycles. The molecule has 0 saturated carbocycles. The fourth-order valence-electron chi connectivity index (χ4n) is 2.48. The maximum absolute atomic E-state index is 12.2. The van der Waals surface area contributed by atoms with Crippen molar-refractivity contribution < 1.29 is 17.9 Å². The van der Waals surface area contributed by atoms with Crippen LogP contribution in [0.25, 0.3) is 0 Å². The smallest absolute Gasteiger partial charge is 0.177 e. The van der Waals surface area contributed by atoms with Crippen molar-refractivity contribution in [2.24, 2.45) is 0 Å². The molecule has 0 N–H and O–H groups in total. The molecule has 2 atom stereocenters. The topological polar surface area (TPSA) is 60.4 Å². The second-order valence-electron chi connectivity index (χ2n) is 5.18. The molecule has 4 nitrogen and oxygen atoms in total. The summed E-state index contributed by atoms with van der Waals surface area (Å²) < 4.78 is 29.8. The normalized spacial score (nSPS) is 22.9. The van der Waals surface area contributed by atoms with Gasteiger partial charge < -0.3 is 4.74 Å². The first-order valence-electron chi connectivity index (χ1n) is 6.89. The van der Waals surface area contributed by atoms with Gasteiger partial charge in [-0.3, -0.25) is 4.79 Å². The molecule has 1 aromatic carbocycles. The lowest BCUT2D eigenvalue weighted by atomic mass is 10.1. The van der Waals surface area contributed by atoms with E-state index in [0.29, 0.717) is 18.6 Å². The zero-order valence-corrected chi connectivity index (χ0v) is 12.7. The zero-order chi connectivity index (χ0) is 14.8. The summed E-state index contributed by atoms with van der Waals surface area (Å²) in [6, 6.07) is 7.12. The third-order valence-corrected chi connectivity index (χ3v) is 5.99. The van der Waals surface area contributed by atoms with E-state index in [0.717, 1.165) is 12.0 Å². The SMILES string of the molecule is CCc1ccc(C(=O)CS(=O)(=O)C2CCOC2C)cc1. The second kappa shape index (κ2) is 6.06. The Hall–Kier alpha value is -1.20. The number of hydrogen-bond donors (Lipinski definition) is 0. The van der Waals surface area contributed by atoms with Gasteiger partial charge in [0.25, 0.3) is 0 Å². The van der Waals surface area contributed by atoms with Crippen molar-refractivity contribution >= 4 is 15.6 Å². The molecular weight excluding hydrogens is 276 g/mol. The van der Waals surface area contributed by atoms with Crippen LogP contribution in [-0.4, -0.2) is 37.9 Å². The number of Topliss-reactive ketones (excluding diaryl/α,β-unsaturated/α-hetero) is 1. The molecule has 2 rings (SSSR count). The van der Waals surface area contributed by atoms with Gasteiger partial charge in [-0.2, -0.15) is 0 Å². The highest BCUT2D eigenvalue weighted by molar-refractivity contribution is 7.92. The summed E-state index contributed by atoms with van der Waals surface area (Å²) in [5.41, 5.74) is 1.58. The minimum Gasteiger partial charge on any atom is -0.377 e. The Labute approximate surface area is 120 Å². The molecule has 1 heterocycles. The van der Waals surface area contributed by atoms with Gasteiger partial charge in [-0.05, 0) is 25.3 Å². The quantitative estimate of drug-likeness (QED) is 0.780. The number of ketones is 1. The number of aryl methyl sites for hydroxylation is 1. The van der Waals surface area contributed by atoms with Crippen molar-refractivity contribution in [3.63, 3.8) is 0 Å². The number of benzene rings is 1. The van der Waals surface area contributed by atoms with Crippen LogP contribution in [-0.2, 0) is 21.0 Å². The van der Waals surface area contributed by atoms with Crippen LogP contribution < -0.4 is 0 Å². The maximum Gasteiger partial charge on any atom is 0.177 e. The lowest BCUT2D eigenvalue weighted by Gasteiger charge is -2.14. The van der Waals surface area contributed by atoms with Crippen molar-refractivity contribution in [1.82, 2.24) is 0 Å². The van der Waals surface area contributed by atoms with E-state index in [4.69, 9.17) is 4.74 Å². The van der Waals surface area contributed by atoms with E-state index in [9.17, 15) is 13.2 Å². The molecule has 0 bridgehead atoms. The Bertz CT molecular complexity index is 574. The number of sulfone groups is 1. The molecule has 0 aliphatic carbocycles. The number of carbonyl (C=O) groups is 1. The molecule has 20 heavy (non-hydrogen) atoms. The maximum atomic E-state index is 12.2. The minimum atomic E-state index is -3.45. The summed E-state index contributed by atoms with van der Waals surface area (Å²) in [4.78, 5) is 12.1. The third kappa shape index (κ3) is 3.27. The van der Waals surface area contributed by atoms with Gasteiger partial charge in [-0.25, -0.2) is 8.42 Å². The largest absolute Gasteiger partial charge is 0.377 e. The summed E-state index contributed by atoms with van der Waals surface area (Å²) in [5.74, 6) is -0.775. The third-order valence-electron chi connectivity index (χ3n) is 3.78. The Morgan fingerprint density at radius 3 is 2.45 bits per heavy atom. The molecule has 0 radical (unpaired) electrons. The van der Waals surface area contributed by atoms with Gasteiger partial charge in [-0.15, -0.1) is 0 Å². The lowest BCUT2D eigenvalue weighted by molar-refractivity contribution is 0.102. The molecule has 1 fully saturated rings. The molecule has 0 amide bonds. The second-order valence-corrected chi connectivity index (χ2v) is 7.40. The molecule has 0 spiro atoms. The van der Waals surface area contributed by atoms with Crippen LogP contribution in [0.3, 0.4) is 0 Å². The predicted molar refractivity (Wildman–Crippen MR) is 77.8 cm³/mol. The minimum absolute atomic E-state index is 0.324. The molecule has 1 aliphatic rings. The monoisotopic (exact) mass is 296 g/mol. The van der Waals surface area contributed by atoms with Gasteiger partial charge in [-0.1, -0.05) is 31.2 Å². The average Bonchev–Trinajstić information content (AvgIpc) is 2.85. The van der Waals surface area contributed by atoms with Crippen LogP contribution in [0, 0.1) is 0 Å².